The molecule has 5 heteroatoms. The minimum atomic E-state index is -0.428. The molecule has 26 heavy (non-hydrogen) atoms. The van der Waals surface area contributed by atoms with Crippen molar-refractivity contribution in [1.82, 2.24) is 9.97 Å². The largest absolute Gasteiger partial charge is 0.465 e. The first-order chi connectivity index (χ1) is 12.7. The third-order valence-electron chi connectivity index (χ3n) is 3.76. The quantitative estimate of drug-likeness (QED) is 0.583. The first-order valence-electron chi connectivity index (χ1n) is 8.00. The predicted octanol–water partition coefficient (Wildman–Crippen LogP) is 3.37. The zero-order valence-electron chi connectivity index (χ0n) is 14.5. The Labute approximate surface area is 152 Å². The summed E-state index contributed by atoms with van der Waals surface area (Å²) in [5.41, 5.74) is 3.93. The Kier molecular flexibility index (Phi) is 5.25. The van der Waals surface area contributed by atoms with Gasteiger partial charge in [0.2, 0.25) is 0 Å². The van der Waals surface area contributed by atoms with Gasteiger partial charge in [0.25, 0.3) is 0 Å². The van der Waals surface area contributed by atoms with Gasteiger partial charge in [0.15, 0.2) is 0 Å². The third kappa shape index (κ3) is 3.87. The highest BCUT2D eigenvalue weighted by molar-refractivity contribution is 5.95. The summed E-state index contributed by atoms with van der Waals surface area (Å²) in [6, 6.07) is 13.3. The van der Waals surface area contributed by atoms with Crippen molar-refractivity contribution in [3.8, 4) is 23.0 Å². The lowest BCUT2D eigenvalue weighted by Crippen LogP contribution is -2.07. The molecule has 1 N–H and O–H groups in total. The van der Waals surface area contributed by atoms with E-state index >= 15 is 0 Å². The van der Waals surface area contributed by atoms with Crippen LogP contribution in [0.25, 0.3) is 11.1 Å². The summed E-state index contributed by atoms with van der Waals surface area (Å²) in [5, 5.41) is 2.90. The smallest absolute Gasteiger partial charge is 0.341 e. The van der Waals surface area contributed by atoms with E-state index in [2.05, 4.69) is 27.1 Å². The number of pyridine rings is 2. The molecule has 0 saturated heterocycles. The van der Waals surface area contributed by atoms with Crippen LogP contribution in [-0.4, -0.2) is 30.1 Å². The number of rotatable bonds is 3. The first kappa shape index (κ1) is 17.2. The van der Waals surface area contributed by atoms with E-state index in [9.17, 15) is 4.79 Å². The second kappa shape index (κ2) is 7.95. The molecule has 0 atom stereocenters. The summed E-state index contributed by atoms with van der Waals surface area (Å²) < 4.78 is 4.82. The highest BCUT2D eigenvalue weighted by Crippen LogP contribution is 2.24. The van der Waals surface area contributed by atoms with Crippen LogP contribution in [0.2, 0.25) is 0 Å². The van der Waals surface area contributed by atoms with E-state index in [0.29, 0.717) is 11.4 Å². The summed E-state index contributed by atoms with van der Waals surface area (Å²) in [7, 11) is 3.06. The maximum atomic E-state index is 11.9. The number of nitrogens with zero attached hydrogens (tertiary/aromatic N) is 2. The summed E-state index contributed by atoms with van der Waals surface area (Å²) in [5.74, 6) is 6.24. The molecule has 0 aliphatic heterocycles. The summed E-state index contributed by atoms with van der Waals surface area (Å²) in [4.78, 5) is 20.3. The fraction of sp³-hybridized carbons (Fsp3) is 0.0952. The van der Waals surface area contributed by atoms with Crippen LogP contribution in [0.1, 0.15) is 21.5 Å². The Morgan fingerprint density at radius 1 is 1.04 bits per heavy atom. The minimum absolute atomic E-state index is 0.396. The topological polar surface area (TPSA) is 64.1 Å². The molecule has 2 heterocycles. The predicted molar refractivity (Wildman–Crippen MR) is 101 cm³/mol. The van der Waals surface area contributed by atoms with Crippen molar-refractivity contribution in [3.05, 3.63) is 77.7 Å². The van der Waals surface area contributed by atoms with Gasteiger partial charge in [0.1, 0.15) is 11.4 Å². The number of hydrogen-bond acceptors (Lipinski definition) is 5. The molecule has 2 aromatic heterocycles. The van der Waals surface area contributed by atoms with E-state index in [0.717, 1.165) is 22.3 Å². The summed E-state index contributed by atoms with van der Waals surface area (Å²) >= 11 is 0. The molecule has 0 spiro atoms. The van der Waals surface area contributed by atoms with Crippen molar-refractivity contribution in [2.24, 2.45) is 0 Å². The number of aromatic nitrogens is 2. The SMILES string of the molecule is CNc1ncc(-c2ccc(C#Cc3cccnc3)cc2)cc1C(=O)OC. The zero-order valence-corrected chi connectivity index (χ0v) is 14.5. The molecule has 1 aromatic carbocycles. The average Bonchev–Trinajstić information content (AvgIpc) is 2.72. The van der Waals surface area contributed by atoms with Gasteiger partial charge in [0.05, 0.1) is 7.11 Å². The molecular formula is C21H17N3O2. The molecule has 0 unspecified atom stereocenters. The standard InChI is InChI=1S/C21H17N3O2/c1-22-20-19(21(25)26-2)12-18(14-24-20)17-9-7-15(8-10-17)5-6-16-4-3-11-23-13-16/h3-4,7-14H,1-2H3,(H,22,24). The number of nitrogens with one attached hydrogen (secondary N) is 1. The Bertz CT molecular complexity index is 972. The minimum Gasteiger partial charge on any atom is -0.465 e. The van der Waals surface area contributed by atoms with Crippen molar-refractivity contribution < 1.29 is 9.53 Å². The van der Waals surface area contributed by atoms with E-state index in [1.165, 1.54) is 7.11 Å². The highest BCUT2D eigenvalue weighted by atomic mass is 16.5. The number of hydrogen-bond donors (Lipinski definition) is 1. The molecule has 128 valence electrons. The van der Waals surface area contributed by atoms with Crippen molar-refractivity contribution in [2.45, 2.75) is 0 Å². The fourth-order valence-electron chi connectivity index (χ4n) is 2.41. The van der Waals surface area contributed by atoms with Crippen LogP contribution in [0.5, 0.6) is 0 Å². The summed E-state index contributed by atoms with van der Waals surface area (Å²) in [6.45, 7) is 0. The monoisotopic (exact) mass is 343 g/mol. The Hall–Kier alpha value is -3.65. The number of carbonyl (C=O) groups excluding carboxylic acids is 1. The number of methoxy groups -OCH3 is 1. The summed E-state index contributed by atoms with van der Waals surface area (Å²) in [6.07, 6.45) is 5.16. The van der Waals surface area contributed by atoms with E-state index in [1.807, 2.05) is 36.4 Å². The van der Waals surface area contributed by atoms with Gasteiger partial charge in [-0.15, -0.1) is 0 Å². The molecule has 0 radical (unpaired) electrons. The van der Waals surface area contributed by atoms with Crippen molar-refractivity contribution in [1.29, 1.82) is 0 Å². The van der Waals surface area contributed by atoms with Crippen LogP contribution in [0.4, 0.5) is 5.82 Å². The number of anilines is 1. The molecule has 0 aliphatic rings. The number of carbonyl (C=O) groups is 1. The molecule has 0 fully saturated rings. The van der Waals surface area contributed by atoms with Crippen LogP contribution in [0, 0.1) is 11.8 Å². The number of benzene rings is 1. The molecule has 0 bridgehead atoms. The Morgan fingerprint density at radius 2 is 1.81 bits per heavy atom. The lowest BCUT2D eigenvalue weighted by Gasteiger charge is -2.09. The lowest BCUT2D eigenvalue weighted by atomic mass is 10.0. The van der Waals surface area contributed by atoms with Crippen LogP contribution in [0.3, 0.4) is 0 Å². The van der Waals surface area contributed by atoms with E-state index in [4.69, 9.17) is 4.74 Å². The van der Waals surface area contributed by atoms with Gasteiger partial charge in [-0.05, 0) is 35.9 Å². The van der Waals surface area contributed by atoms with Crippen molar-refractivity contribution in [2.75, 3.05) is 19.5 Å². The van der Waals surface area contributed by atoms with Gasteiger partial charge >= 0.3 is 5.97 Å². The molecule has 3 rings (SSSR count). The van der Waals surface area contributed by atoms with Gasteiger partial charge in [-0.25, -0.2) is 9.78 Å². The number of esters is 1. The molecule has 0 amide bonds. The maximum Gasteiger partial charge on any atom is 0.341 e. The lowest BCUT2D eigenvalue weighted by molar-refractivity contribution is 0.0601. The molecule has 0 saturated carbocycles. The van der Waals surface area contributed by atoms with Gasteiger partial charge in [-0.3, -0.25) is 4.98 Å². The molecule has 0 aliphatic carbocycles. The fourth-order valence-corrected chi connectivity index (χ4v) is 2.41. The second-order valence-corrected chi connectivity index (χ2v) is 5.43. The van der Waals surface area contributed by atoms with Crippen LogP contribution in [-0.2, 0) is 4.74 Å². The van der Waals surface area contributed by atoms with Crippen LogP contribution >= 0.6 is 0 Å². The molecule has 5 nitrogen and oxygen atoms in total. The van der Waals surface area contributed by atoms with Crippen LogP contribution < -0.4 is 5.32 Å². The molecular weight excluding hydrogens is 326 g/mol. The van der Waals surface area contributed by atoms with Crippen LogP contribution in [0.15, 0.2) is 61.1 Å². The zero-order chi connectivity index (χ0) is 18.4. The first-order valence-corrected chi connectivity index (χ1v) is 8.00. The number of ether oxygens (including phenoxy) is 1. The van der Waals surface area contributed by atoms with E-state index in [1.54, 1.807) is 31.7 Å². The van der Waals surface area contributed by atoms with Gasteiger partial charge in [-0.1, -0.05) is 24.0 Å². The van der Waals surface area contributed by atoms with Gasteiger partial charge in [0, 0.05) is 42.3 Å². The Balaban J connectivity index is 1.87. The molecule has 3 aromatic rings. The van der Waals surface area contributed by atoms with E-state index in [-0.39, 0.29) is 0 Å². The second-order valence-electron chi connectivity index (χ2n) is 5.43. The third-order valence-corrected chi connectivity index (χ3v) is 3.76. The average molecular weight is 343 g/mol. The highest BCUT2D eigenvalue weighted by Gasteiger charge is 2.14. The van der Waals surface area contributed by atoms with E-state index < -0.39 is 5.97 Å². The maximum absolute atomic E-state index is 11.9. The van der Waals surface area contributed by atoms with Crippen molar-refractivity contribution in [3.63, 3.8) is 0 Å². The van der Waals surface area contributed by atoms with Gasteiger partial charge in [-0.2, -0.15) is 0 Å². The normalized spacial score (nSPS) is 9.77. The van der Waals surface area contributed by atoms with Gasteiger partial charge < -0.3 is 10.1 Å². The Morgan fingerprint density at radius 3 is 2.46 bits per heavy atom. The van der Waals surface area contributed by atoms with Crippen molar-refractivity contribution >= 4 is 11.8 Å².